The molecule has 0 fully saturated rings. The van der Waals surface area contributed by atoms with E-state index in [4.69, 9.17) is 18.1 Å². The largest absolute Gasteiger partial charge is 0.508 e. The normalized spacial score (nSPS) is 12.7. The van der Waals surface area contributed by atoms with Crippen LogP contribution >= 0.6 is 15.2 Å². The minimum atomic E-state index is -3.84. The van der Waals surface area contributed by atoms with Gasteiger partial charge in [0.15, 0.2) is 5.40 Å². The van der Waals surface area contributed by atoms with E-state index < -0.39 is 20.6 Å². The lowest BCUT2D eigenvalue weighted by Crippen LogP contribution is -2.11. The van der Waals surface area contributed by atoms with Crippen LogP contribution < -0.4 is 0 Å². The van der Waals surface area contributed by atoms with Gasteiger partial charge < -0.3 is 23.2 Å². The van der Waals surface area contributed by atoms with Crippen LogP contribution in [0.25, 0.3) is 0 Å². The van der Waals surface area contributed by atoms with Crippen molar-refractivity contribution < 1.29 is 32.3 Å². The van der Waals surface area contributed by atoms with Crippen molar-refractivity contribution in [3.05, 3.63) is 29.8 Å². The average molecular weight is 380 g/mol. The lowest BCUT2D eigenvalue weighted by Gasteiger charge is -2.31. The Hall–Kier alpha value is -0.680. The van der Waals surface area contributed by atoms with Crippen LogP contribution in [0.4, 0.5) is 0 Å². The second-order valence-electron chi connectivity index (χ2n) is 4.72. The Bertz CT molecular complexity index is 538. The van der Waals surface area contributed by atoms with E-state index in [2.05, 4.69) is 0 Å². The van der Waals surface area contributed by atoms with Crippen molar-refractivity contribution in [3.63, 3.8) is 0 Å². The lowest BCUT2D eigenvalue weighted by atomic mass is 10.2. The van der Waals surface area contributed by atoms with E-state index >= 15 is 0 Å². The molecule has 0 unspecified atom stereocenters. The number of phenols is 1. The van der Waals surface area contributed by atoms with E-state index in [1.54, 1.807) is 27.7 Å². The Balaban J connectivity index is 3.51. The van der Waals surface area contributed by atoms with E-state index in [0.717, 1.165) is 0 Å². The Morgan fingerprint density at radius 3 is 1.42 bits per heavy atom. The summed E-state index contributed by atoms with van der Waals surface area (Å²) in [6.45, 7) is 7.15. The van der Waals surface area contributed by atoms with Gasteiger partial charge in [0.05, 0.1) is 26.4 Å². The van der Waals surface area contributed by atoms with E-state index in [1.807, 2.05) is 0 Å². The third-order valence-electron chi connectivity index (χ3n) is 3.03. The van der Waals surface area contributed by atoms with Gasteiger partial charge in [-0.25, -0.2) is 0 Å². The lowest BCUT2D eigenvalue weighted by molar-refractivity contribution is 0.195. The van der Waals surface area contributed by atoms with Gasteiger partial charge in [-0.3, -0.25) is 9.13 Å². The molecule has 1 aromatic rings. The molecule has 1 N–H and O–H groups in total. The molecule has 0 heterocycles. The van der Waals surface area contributed by atoms with Crippen molar-refractivity contribution in [2.75, 3.05) is 26.4 Å². The topological polar surface area (TPSA) is 91.3 Å². The van der Waals surface area contributed by atoms with E-state index in [9.17, 15) is 14.2 Å². The number of benzene rings is 1. The number of rotatable bonds is 11. The van der Waals surface area contributed by atoms with Crippen molar-refractivity contribution in [2.24, 2.45) is 0 Å². The second-order valence-corrected chi connectivity index (χ2v) is 9.35. The molecule has 0 aliphatic heterocycles. The molecular formula is C15H26O7P2. The molecule has 24 heavy (non-hydrogen) atoms. The number of hydrogen-bond donors (Lipinski definition) is 1. The molecular weight excluding hydrogens is 354 g/mol. The van der Waals surface area contributed by atoms with Gasteiger partial charge in [0, 0.05) is 0 Å². The van der Waals surface area contributed by atoms with Crippen LogP contribution in [0.3, 0.4) is 0 Å². The molecule has 138 valence electrons. The van der Waals surface area contributed by atoms with Crippen molar-refractivity contribution in [3.8, 4) is 5.75 Å². The van der Waals surface area contributed by atoms with Crippen molar-refractivity contribution in [1.29, 1.82) is 0 Å². The molecule has 0 radical (unpaired) electrons. The SMILES string of the molecule is CCOP(=O)(OCC)C(c1ccc(O)cc1)P(=O)(OCC)OCC. The summed E-state index contributed by atoms with van der Waals surface area (Å²) < 4.78 is 48.3. The zero-order valence-corrected chi connectivity index (χ0v) is 16.3. The summed E-state index contributed by atoms with van der Waals surface area (Å²) in [6, 6.07) is 5.84. The first kappa shape index (κ1) is 21.4. The molecule has 0 aliphatic carbocycles. The zero-order valence-electron chi connectivity index (χ0n) is 14.5. The first-order valence-corrected chi connectivity index (χ1v) is 11.2. The molecule has 7 nitrogen and oxygen atoms in total. The summed E-state index contributed by atoms with van der Waals surface area (Å²) in [5.74, 6) is 0.0304. The first-order chi connectivity index (χ1) is 11.4. The highest BCUT2D eigenvalue weighted by molar-refractivity contribution is 7.72. The molecule has 0 saturated heterocycles. The van der Waals surface area contributed by atoms with Crippen LogP contribution in [-0.4, -0.2) is 31.5 Å². The maximum absolute atomic E-state index is 13.4. The fourth-order valence-corrected chi connectivity index (χ4v) is 7.68. The Kier molecular flexibility index (Phi) is 8.65. The van der Waals surface area contributed by atoms with Gasteiger partial charge in [-0.2, -0.15) is 0 Å². The van der Waals surface area contributed by atoms with E-state index in [-0.39, 0.29) is 32.2 Å². The third kappa shape index (κ3) is 5.16. The number of hydrogen-bond acceptors (Lipinski definition) is 7. The smallest absolute Gasteiger partial charge is 0.350 e. The highest BCUT2D eigenvalue weighted by Gasteiger charge is 2.51. The highest BCUT2D eigenvalue weighted by atomic mass is 31.2. The van der Waals surface area contributed by atoms with Gasteiger partial charge in [0.1, 0.15) is 5.75 Å². The minimum absolute atomic E-state index is 0.0304. The predicted molar refractivity (Wildman–Crippen MR) is 92.6 cm³/mol. The van der Waals surface area contributed by atoms with Crippen LogP contribution in [0, 0.1) is 0 Å². The maximum atomic E-state index is 13.4. The molecule has 1 rings (SSSR count). The van der Waals surface area contributed by atoms with E-state index in [1.165, 1.54) is 24.3 Å². The summed E-state index contributed by atoms with van der Waals surface area (Å²) in [6.07, 6.45) is 0. The highest BCUT2D eigenvalue weighted by Crippen LogP contribution is 2.78. The standard InChI is InChI=1S/C15H26O7P2/c1-5-19-23(17,20-6-2)15(13-9-11-14(16)12-10-13)24(18,21-7-3)22-8-4/h9-12,15-16H,5-8H2,1-4H3. The zero-order chi connectivity index (χ0) is 18.2. The molecule has 0 amide bonds. The van der Waals surface area contributed by atoms with Crippen molar-refractivity contribution >= 4 is 15.2 Å². The summed E-state index contributed by atoms with van der Waals surface area (Å²) in [4.78, 5) is 0. The van der Waals surface area contributed by atoms with Crippen LogP contribution in [0.1, 0.15) is 38.7 Å². The Morgan fingerprint density at radius 1 is 0.792 bits per heavy atom. The van der Waals surface area contributed by atoms with Crippen molar-refractivity contribution in [1.82, 2.24) is 0 Å². The summed E-state index contributed by atoms with van der Waals surface area (Å²) in [7, 11) is -7.68. The van der Waals surface area contributed by atoms with Crippen LogP contribution in [0.2, 0.25) is 0 Å². The quantitative estimate of drug-likeness (QED) is 0.545. The predicted octanol–water partition coefficient (Wildman–Crippen LogP) is 4.92. The molecule has 0 aromatic heterocycles. The van der Waals surface area contributed by atoms with Gasteiger partial charge in [-0.1, -0.05) is 12.1 Å². The van der Waals surface area contributed by atoms with Crippen LogP contribution in [-0.2, 0) is 27.2 Å². The van der Waals surface area contributed by atoms with E-state index in [0.29, 0.717) is 5.56 Å². The Morgan fingerprint density at radius 2 is 1.12 bits per heavy atom. The van der Waals surface area contributed by atoms with Crippen molar-refractivity contribution in [2.45, 2.75) is 33.1 Å². The fraction of sp³-hybridized carbons (Fsp3) is 0.600. The van der Waals surface area contributed by atoms with Gasteiger partial charge >= 0.3 is 15.2 Å². The van der Waals surface area contributed by atoms with Crippen LogP contribution in [0.15, 0.2) is 24.3 Å². The fourth-order valence-electron chi connectivity index (χ4n) is 2.26. The third-order valence-corrected chi connectivity index (χ3v) is 8.99. The molecule has 0 bridgehead atoms. The minimum Gasteiger partial charge on any atom is -0.508 e. The second kappa shape index (κ2) is 9.71. The summed E-state index contributed by atoms with van der Waals surface area (Å²) in [5, 5.41) is 8.26. The van der Waals surface area contributed by atoms with Gasteiger partial charge in [-0.05, 0) is 45.4 Å². The maximum Gasteiger partial charge on any atom is 0.350 e. The Labute approximate surface area is 143 Å². The van der Waals surface area contributed by atoms with Crippen LogP contribution in [0.5, 0.6) is 5.75 Å². The molecule has 0 atom stereocenters. The monoisotopic (exact) mass is 380 g/mol. The summed E-state index contributed by atoms with van der Waals surface area (Å²) in [5.41, 5.74) is 0.392. The molecule has 0 saturated carbocycles. The molecule has 0 aliphatic rings. The molecule has 9 heteroatoms. The first-order valence-electron chi connectivity index (χ1n) is 7.93. The molecule has 0 spiro atoms. The number of phenolic OH excluding ortho intramolecular Hbond substituents is 1. The van der Waals surface area contributed by atoms with Gasteiger partial charge in [-0.15, -0.1) is 0 Å². The number of aromatic hydroxyl groups is 1. The average Bonchev–Trinajstić information content (AvgIpc) is 2.50. The van der Waals surface area contributed by atoms with Gasteiger partial charge in [0.2, 0.25) is 0 Å². The van der Waals surface area contributed by atoms with Gasteiger partial charge in [0.25, 0.3) is 0 Å². The molecule has 1 aromatic carbocycles. The summed E-state index contributed by atoms with van der Waals surface area (Å²) >= 11 is 0.